The van der Waals surface area contributed by atoms with Crippen molar-refractivity contribution >= 4 is 60.9 Å². The average molecular weight is 939 g/mol. The molecule has 73 heavy (non-hydrogen) atoms. The largest absolute Gasteiger partial charge is 0.455 e. The van der Waals surface area contributed by atoms with Crippen LogP contribution in [-0.2, 0) is 5.41 Å². The third-order valence-electron chi connectivity index (χ3n) is 14.7. The molecule has 0 radical (unpaired) electrons. The summed E-state index contributed by atoms with van der Waals surface area (Å²) in [5.74, 6) is 2.11. The average Bonchev–Trinajstić information content (AvgIpc) is 3.95. The molecule has 10 aromatic carbocycles. The number of para-hydroxylation sites is 5. The first-order chi connectivity index (χ1) is 35.8. The van der Waals surface area contributed by atoms with E-state index in [0.717, 1.165) is 89.5 Å². The lowest BCUT2D eigenvalue weighted by atomic mass is 9.74. The van der Waals surface area contributed by atoms with E-state index in [0.29, 0.717) is 11.5 Å². The van der Waals surface area contributed by atoms with Gasteiger partial charge in [0.25, 0.3) is 0 Å². The van der Waals surface area contributed by atoms with Gasteiger partial charge in [0.1, 0.15) is 11.5 Å². The molecule has 2 aromatic heterocycles. The molecular weight excluding hydrogens is 889 g/mol. The molecule has 0 fully saturated rings. The first-order valence-corrected chi connectivity index (χ1v) is 24.9. The molecule has 0 N–H and O–H groups in total. The third kappa shape index (κ3) is 7.39. The number of amidine groups is 1. The number of nitrogens with zero attached hydrogens (tertiary/aromatic N) is 4. The first-order valence-electron chi connectivity index (χ1n) is 24.9. The molecule has 0 saturated carbocycles. The van der Waals surface area contributed by atoms with Gasteiger partial charge in [-0.25, -0.2) is 9.98 Å². The molecule has 0 aliphatic carbocycles. The Morgan fingerprint density at radius 2 is 0.890 bits per heavy atom. The van der Waals surface area contributed by atoms with E-state index in [1.165, 1.54) is 32.8 Å². The van der Waals surface area contributed by atoms with E-state index in [-0.39, 0.29) is 0 Å². The predicted octanol–water partition coefficient (Wildman–Crippen LogP) is 17.6. The van der Waals surface area contributed by atoms with E-state index in [2.05, 4.69) is 218 Å². The van der Waals surface area contributed by atoms with E-state index >= 15 is 0 Å². The molecule has 12 aromatic rings. The van der Waals surface area contributed by atoms with Crippen molar-refractivity contribution in [1.29, 1.82) is 0 Å². The molecule has 5 heteroatoms. The molecule has 0 saturated heterocycles. The number of benzene rings is 10. The van der Waals surface area contributed by atoms with Crippen LogP contribution in [0, 0.1) is 0 Å². The minimum atomic E-state index is -0.425. The van der Waals surface area contributed by atoms with Crippen molar-refractivity contribution in [2.75, 3.05) is 0 Å². The molecular formula is C68H50N4O. The zero-order valence-electron chi connectivity index (χ0n) is 40.9. The van der Waals surface area contributed by atoms with Gasteiger partial charge in [-0.15, -0.1) is 0 Å². The summed E-state index contributed by atoms with van der Waals surface area (Å²) in [6.45, 7) is 11.0. The Bertz CT molecular complexity index is 4200. The molecule has 3 heterocycles. The van der Waals surface area contributed by atoms with Crippen LogP contribution < -0.4 is 4.74 Å². The second kappa shape index (κ2) is 17.5. The van der Waals surface area contributed by atoms with E-state index in [9.17, 15) is 0 Å². The SMILES string of the molecule is C=C(N=C(N=C(C)c1ccccc1)c1cccc2c1Oc1c(-c3ccc4c(c3)c3cc(-c5ccc6c(c5)c5ccccc5n6-c5ccccc5)ccc3n4-c3ccccc3)cccc1C2(C)C)c1ccccc1. The van der Waals surface area contributed by atoms with Crippen LogP contribution in [0.3, 0.4) is 0 Å². The Hall–Kier alpha value is -9.32. The van der Waals surface area contributed by atoms with Gasteiger partial charge < -0.3 is 13.9 Å². The highest BCUT2D eigenvalue weighted by molar-refractivity contribution is 6.15. The fourth-order valence-electron chi connectivity index (χ4n) is 11.0. The lowest BCUT2D eigenvalue weighted by Gasteiger charge is -2.36. The summed E-state index contributed by atoms with van der Waals surface area (Å²) in [6, 6.07) is 84.0. The Kier molecular flexibility index (Phi) is 10.5. The highest BCUT2D eigenvalue weighted by Gasteiger charge is 2.37. The first kappa shape index (κ1) is 43.7. The van der Waals surface area contributed by atoms with Crippen LogP contribution >= 0.6 is 0 Å². The van der Waals surface area contributed by atoms with Gasteiger partial charge in [0.15, 0.2) is 5.84 Å². The molecule has 0 bridgehead atoms. The molecule has 13 rings (SSSR count). The zero-order chi connectivity index (χ0) is 49.2. The quantitative estimate of drug-likeness (QED) is 0.111. The summed E-state index contributed by atoms with van der Waals surface area (Å²) >= 11 is 0. The van der Waals surface area contributed by atoms with Gasteiger partial charge in [0, 0.05) is 60.7 Å². The topological polar surface area (TPSA) is 43.8 Å². The van der Waals surface area contributed by atoms with Gasteiger partial charge >= 0.3 is 0 Å². The van der Waals surface area contributed by atoms with Gasteiger partial charge in [0.2, 0.25) is 0 Å². The molecule has 0 spiro atoms. The Morgan fingerprint density at radius 1 is 0.425 bits per heavy atom. The normalized spacial score (nSPS) is 13.3. The maximum atomic E-state index is 7.35. The summed E-state index contributed by atoms with van der Waals surface area (Å²) in [6.07, 6.45) is 0. The molecule has 0 amide bonds. The van der Waals surface area contributed by atoms with Crippen LogP contribution in [0.2, 0.25) is 0 Å². The Morgan fingerprint density at radius 3 is 1.49 bits per heavy atom. The lowest BCUT2D eigenvalue weighted by molar-refractivity contribution is 0.419. The maximum Gasteiger partial charge on any atom is 0.163 e. The summed E-state index contributed by atoms with van der Waals surface area (Å²) in [7, 11) is 0. The number of fused-ring (bicyclic) bond motifs is 8. The minimum Gasteiger partial charge on any atom is -0.455 e. The maximum absolute atomic E-state index is 7.35. The van der Waals surface area contributed by atoms with E-state index in [1.807, 2.05) is 55.5 Å². The fourth-order valence-corrected chi connectivity index (χ4v) is 11.0. The highest BCUT2D eigenvalue weighted by atomic mass is 16.5. The summed E-state index contributed by atoms with van der Waals surface area (Å²) in [5.41, 5.74) is 17.3. The van der Waals surface area contributed by atoms with Crippen LogP contribution in [-0.4, -0.2) is 20.7 Å². The number of aliphatic imine (C=N–C) groups is 2. The summed E-state index contributed by atoms with van der Waals surface area (Å²) in [4.78, 5) is 10.4. The van der Waals surface area contributed by atoms with Crippen LogP contribution in [0.25, 0.3) is 82.9 Å². The number of rotatable bonds is 8. The van der Waals surface area contributed by atoms with Gasteiger partial charge in [-0.1, -0.05) is 184 Å². The van der Waals surface area contributed by atoms with Gasteiger partial charge in [-0.2, -0.15) is 0 Å². The van der Waals surface area contributed by atoms with E-state index in [1.54, 1.807) is 0 Å². The molecule has 5 nitrogen and oxygen atoms in total. The monoisotopic (exact) mass is 938 g/mol. The van der Waals surface area contributed by atoms with Crippen LogP contribution in [0.4, 0.5) is 0 Å². The van der Waals surface area contributed by atoms with Gasteiger partial charge in [-0.05, 0) is 108 Å². The summed E-state index contributed by atoms with van der Waals surface area (Å²) < 4.78 is 12.1. The smallest absolute Gasteiger partial charge is 0.163 e. The third-order valence-corrected chi connectivity index (χ3v) is 14.7. The predicted molar refractivity (Wildman–Crippen MR) is 305 cm³/mol. The van der Waals surface area contributed by atoms with Crippen molar-refractivity contribution in [2.24, 2.45) is 9.98 Å². The van der Waals surface area contributed by atoms with Crippen molar-refractivity contribution < 1.29 is 4.74 Å². The lowest BCUT2D eigenvalue weighted by Crippen LogP contribution is -2.26. The van der Waals surface area contributed by atoms with Crippen molar-refractivity contribution in [3.63, 3.8) is 0 Å². The number of hydrogen-bond donors (Lipinski definition) is 0. The van der Waals surface area contributed by atoms with Crippen LogP contribution in [0.15, 0.2) is 253 Å². The number of hydrogen-bond acceptors (Lipinski definition) is 2. The minimum absolute atomic E-state index is 0.425. The Balaban J connectivity index is 0.965. The van der Waals surface area contributed by atoms with Gasteiger partial charge in [0.05, 0.1) is 33.3 Å². The van der Waals surface area contributed by atoms with E-state index < -0.39 is 5.41 Å². The van der Waals surface area contributed by atoms with Gasteiger partial charge in [-0.3, -0.25) is 0 Å². The van der Waals surface area contributed by atoms with Crippen molar-refractivity contribution in [1.82, 2.24) is 9.13 Å². The van der Waals surface area contributed by atoms with Crippen molar-refractivity contribution in [3.05, 3.63) is 271 Å². The fraction of sp³-hybridized carbons (Fsp3) is 0.0588. The molecule has 1 aliphatic heterocycles. The molecule has 1 aliphatic rings. The van der Waals surface area contributed by atoms with Crippen LogP contribution in [0.1, 0.15) is 48.6 Å². The summed E-state index contributed by atoms with van der Waals surface area (Å²) in [5, 5.41) is 4.80. The molecule has 348 valence electrons. The second-order valence-electron chi connectivity index (χ2n) is 19.5. The van der Waals surface area contributed by atoms with Crippen molar-refractivity contribution in [3.8, 4) is 45.1 Å². The second-order valence-corrected chi connectivity index (χ2v) is 19.5. The number of ether oxygens (including phenoxy) is 1. The highest BCUT2D eigenvalue weighted by Crippen LogP contribution is 2.53. The standard InChI is InChI=1S/C68H50N4O/c1-44(46-21-9-5-10-22-46)69-67(70-45(2)47-23-11-6-12-24-47)55-31-20-33-60-66(55)73-65-53(30-19-32-59(65)68(60,3)4)50-37-40-64-58(43-50)57-42-49(36-39-63(57)72(64)52-27-15-8-16-28-52)48-35-38-62-56(41-48)54-29-17-18-34-61(54)71(62)51-25-13-7-14-26-51/h5-43H,1H2,2-4H3. The Labute approximate surface area is 425 Å². The van der Waals surface area contributed by atoms with E-state index in [4.69, 9.17) is 14.7 Å². The number of aromatic nitrogens is 2. The van der Waals surface area contributed by atoms with Crippen LogP contribution in [0.5, 0.6) is 11.5 Å². The molecule has 0 atom stereocenters. The zero-order valence-corrected chi connectivity index (χ0v) is 40.9. The molecule has 0 unspecified atom stereocenters. The van der Waals surface area contributed by atoms with Crippen molar-refractivity contribution in [2.45, 2.75) is 26.2 Å².